The van der Waals surface area contributed by atoms with E-state index in [0.29, 0.717) is 6.54 Å². The van der Waals surface area contributed by atoms with Gasteiger partial charge in [-0.3, -0.25) is 0 Å². The van der Waals surface area contributed by atoms with Gasteiger partial charge in [-0.25, -0.2) is 4.68 Å². The first-order valence-corrected chi connectivity index (χ1v) is 6.99. The number of nitrogens with two attached hydrogens (primary N) is 1. The summed E-state index contributed by atoms with van der Waals surface area (Å²) in [6, 6.07) is 0. The van der Waals surface area contributed by atoms with Crippen LogP contribution >= 0.6 is 0 Å². The van der Waals surface area contributed by atoms with Crippen molar-refractivity contribution in [2.24, 2.45) is 5.73 Å². The SMILES string of the molecule is COc1c(CCCN)c(C(C)(C)C)nn1C(C)(C)C. The molecule has 0 bridgehead atoms. The number of ether oxygens (including phenoxy) is 1. The molecule has 0 saturated carbocycles. The van der Waals surface area contributed by atoms with Crippen LogP contribution < -0.4 is 10.5 Å². The molecule has 4 nitrogen and oxygen atoms in total. The van der Waals surface area contributed by atoms with Gasteiger partial charge in [-0.15, -0.1) is 0 Å². The van der Waals surface area contributed by atoms with Gasteiger partial charge in [0.1, 0.15) is 0 Å². The summed E-state index contributed by atoms with van der Waals surface area (Å²) in [5, 5.41) is 4.83. The minimum atomic E-state index is -0.0910. The minimum Gasteiger partial charge on any atom is -0.481 e. The first-order chi connectivity index (χ1) is 8.62. The zero-order valence-corrected chi connectivity index (χ0v) is 13.5. The van der Waals surface area contributed by atoms with Crippen LogP contribution in [0, 0.1) is 0 Å². The van der Waals surface area contributed by atoms with Crippen LogP contribution in [0.5, 0.6) is 5.88 Å². The Morgan fingerprint density at radius 3 is 2.11 bits per heavy atom. The van der Waals surface area contributed by atoms with E-state index in [4.69, 9.17) is 15.6 Å². The van der Waals surface area contributed by atoms with Crippen LogP contribution in [-0.4, -0.2) is 23.4 Å². The molecule has 4 heteroatoms. The highest BCUT2D eigenvalue weighted by atomic mass is 16.5. The predicted octanol–water partition coefficient (Wildman–Crippen LogP) is 2.84. The molecule has 1 aromatic rings. The number of aromatic nitrogens is 2. The lowest BCUT2D eigenvalue weighted by Crippen LogP contribution is -2.24. The molecule has 0 unspecified atom stereocenters. The fraction of sp³-hybridized carbons (Fsp3) is 0.800. The topological polar surface area (TPSA) is 53.1 Å². The molecule has 1 aromatic heterocycles. The molecular formula is C15H29N3O. The summed E-state index contributed by atoms with van der Waals surface area (Å²) in [6.45, 7) is 13.7. The van der Waals surface area contributed by atoms with Crippen LogP contribution in [0.15, 0.2) is 0 Å². The lowest BCUT2D eigenvalue weighted by Gasteiger charge is -2.22. The monoisotopic (exact) mass is 267 g/mol. The number of hydrogen-bond donors (Lipinski definition) is 1. The fourth-order valence-electron chi connectivity index (χ4n) is 2.21. The first kappa shape index (κ1) is 16.0. The van der Waals surface area contributed by atoms with Crippen LogP contribution in [0.3, 0.4) is 0 Å². The Labute approximate surface area is 117 Å². The van der Waals surface area contributed by atoms with Gasteiger partial charge in [0.05, 0.1) is 18.3 Å². The van der Waals surface area contributed by atoms with Crippen molar-refractivity contribution < 1.29 is 4.74 Å². The van der Waals surface area contributed by atoms with Gasteiger partial charge in [-0.1, -0.05) is 20.8 Å². The third kappa shape index (κ3) is 3.50. The molecule has 0 atom stereocenters. The maximum atomic E-state index is 5.65. The molecule has 2 N–H and O–H groups in total. The average Bonchev–Trinajstić information content (AvgIpc) is 2.63. The van der Waals surface area contributed by atoms with Crippen LogP contribution in [0.25, 0.3) is 0 Å². The van der Waals surface area contributed by atoms with E-state index in [1.54, 1.807) is 7.11 Å². The van der Waals surface area contributed by atoms with Crippen molar-refractivity contribution in [2.75, 3.05) is 13.7 Å². The van der Waals surface area contributed by atoms with E-state index in [1.165, 1.54) is 5.56 Å². The predicted molar refractivity (Wildman–Crippen MR) is 79.9 cm³/mol. The Bertz CT molecular complexity index is 422. The summed E-state index contributed by atoms with van der Waals surface area (Å²) < 4.78 is 7.63. The van der Waals surface area contributed by atoms with Crippen molar-refractivity contribution in [3.05, 3.63) is 11.3 Å². The van der Waals surface area contributed by atoms with E-state index in [9.17, 15) is 0 Å². The first-order valence-electron chi connectivity index (χ1n) is 6.99. The smallest absolute Gasteiger partial charge is 0.215 e. The van der Waals surface area contributed by atoms with E-state index in [0.717, 1.165) is 24.4 Å². The standard InChI is InChI=1S/C15H29N3O/c1-14(2,3)12-11(9-8-10-16)13(19-7)18(17-12)15(4,5)6/h8-10,16H2,1-7H3. The second kappa shape index (κ2) is 5.53. The summed E-state index contributed by atoms with van der Waals surface area (Å²) in [5.41, 5.74) is 7.89. The summed E-state index contributed by atoms with van der Waals surface area (Å²) >= 11 is 0. The molecule has 0 aliphatic rings. The highest BCUT2D eigenvalue weighted by Gasteiger charge is 2.30. The van der Waals surface area contributed by atoms with E-state index >= 15 is 0 Å². The molecule has 1 heterocycles. The minimum absolute atomic E-state index is 0.00765. The third-order valence-electron chi connectivity index (χ3n) is 3.11. The molecule has 0 fully saturated rings. The van der Waals surface area contributed by atoms with Gasteiger partial charge in [0.15, 0.2) is 0 Å². The number of hydrogen-bond acceptors (Lipinski definition) is 3. The Balaban J connectivity index is 3.42. The maximum absolute atomic E-state index is 5.65. The van der Waals surface area contributed by atoms with Crippen molar-refractivity contribution in [1.29, 1.82) is 0 Å². The molecule has 0 radical (unpaired) electrons. The molecule has 1 rings (SSSR count). The number of rotatable bonds is 4. The van der Waals surface area contributed by atoms with E-state index in [1.807, 2.05) is 4.68 Å². The number of methoxy groups -OCH3 is 1. The third-order valence-corrected chi connectivity index (χ3v) is 3.11. The molecule has 19 heavy (non-hydrogen) atoms. The average molecular weight is 267 g/mol. The Morgan fingerprint density at radius 2 is 1.74 bits per heavy atom. The quantitative estimate of drug-likeness (QED) is 0.912. The van der Waals surface area contributed by atoms with Crippen molar-refractivity contribution >= 4 is 0 Å². The number of nitrogens with zero attached hydrogens (tertiary/aromatic N) is 2. The summed E-state index contributed by atoms with van der Waals surface area (Å²) in [4.78, 5) is 0. The Hall–Kier alpha value is -1.03. The highest BCUT2D eigenvalue weighted by Crippen LogP contribution is 2.35. The zero-order chi connectivity index (χ0) is 14.8. The van der Waals surface area contributed by atoms with Gasteiger partial charge in [-0.05, 0) is 40.2 Å². The molecule has 0 aromatic carbocycles. The molecule has 0 amide bonds. The van der Waals surface area contributed by atoms with Crippen molar-refractivity contribution in [1.82, 2.24) is 9.78 Å². The normalized spacial score (nSPS) is 12.8. The van der Waals surface area contributed by atoms with Gasteiger partial charge >= 0.3 is 0 Å². The molecular weight excluding hydrogens is 238 g/mol. The highest BCUT2D eigenvalue weighted by molar-refractivity contribution is 5.36. The lowest BCUT2D eigenvalue weighted by molar-refractivity contribution is 0.279. The molecule has 0 aliphatic carbocycles. The van der Waals surface area contributed by atoms with Crippen LogP contribution in [0.4, 0.5) is 0 Å². The van der Waals surface area contributed by atoms with Crippen LogP contribution in [0.1, 0.15) is 59.2 Å². The molecule has 0 spiro atoms. The molecule has 0 aliphatic heterocycles. The van der Waals surface area contributed by atoms with Gasteiger partial charge in [0.2, 0.25) is 5.88 Å². The van der Waals surface area contributed by atoms with E-state index < -0.39 is 0 Å². The second-order valence-electron chi connectivity index (χ2n) is 7.06. The van der Waals surface area contributed by atoms with Gasteiger partial charge in [0, 0.05) is 11.0 Å². The zero-order valence-electron chi connectivity index (χ0n) is 13.5. The van der Waals surface area contributed by atoms with Crippen molar-refractivity contribution in [2.45, 2.75) is 65.3 Å². The largest absolute Gasteiger partial charge is 0.481 e. The van der Waals surface area contributed by atoms with Gasteiger partial charge in [0.25, 0.3) is 0 Å². The summed E-state index contributed by atoms with van der Waals surface area (Å²) in [5.74, 6) is 0.880. The van der Waals surface area contributed by atoms with E-state index in [2.05, 4.69) is 41.5 Å². The second-order valence-corrected chi connectivity index (χ2v) is 7.06. The maximum Gasteiger partial charge on any atom is 0.215 e. The summed E-state index contributed by atoms with van der Waals surface area (Å²) in [6.07, 6.45) is 1.87. The van der Waals surface area contributed by atoms with Crippen molar-refractivity contribution in [3.8, 4) is 5.88 Å². The van der Waals surface area contributed by atoms with Gasteiger partial charge in [-0.2, -0.15) is 5.10 Å². The summed E-state index contributed by atoms with van der Waals surface area (Å²) in [7, 11) is 1.72. The lowest BCUT2D eigenvalue weighted by atomic mass is 9.88. The molecule has 0 saturated heterocycles. The van der Waals surface area contributed by atoms with Crippen molar-refractivity contribution in [3.63, 3.8) is 0 Å². The Kier molecular flexibility index (Phi) is 4.67. The van der Waals surface area contributed by atoms with Crippen LogP contribution in [0.2, 0.25) is 0 Å². The Morgan fingerprint density at radius 1 is 1.16 bits per heavy atom. The van der Waals surface area contributed by atoms with Gasteiger partial charge < -0.3 is 10.5 Å². The molecule has 110 valence electrons. The van der Waals surface area contributed by atoms with Crippen LogP contribution in [-0.2, 0) is 17.4 Å². The fourth-order valence-corrected chi connectivity index (χ4v) is 2.21. The van der Waals surface area contributed by atoms with E-state index in [-0.39, 0.29) is 11.0 Å².